The molecule has 4 heteroatoms. The number of piperidine rings is 1. The minimum atomic E-state index is -0.296. The van der Waals surface area contributed by atoms with Gasteiger partial charge in [0.15, 0.2) is 0 Å². The maximum Gasteiger partial charge on any atom is 0.124 e. The summed E-state index contributed by atoms with van der Waals surface area (Å²) in [5.74, 6) is 0.466. The molecule has 1 aliphatic carbocycles. The average molecular weight is 289 g/mol. The van der Waals surface area contributed by atoms with E-state index in [4.69, 9.17) is 11.1 Å². The Morgan fingerprint density at radius 2 is 1.95 bits per heavy atom. The molecule has 1 aromatic carbocycles. The summed E-state index contributed by atoms with van der Waals surface area (Å²) in [6.45, 7) is 1.88. The van der Waals surface area contributed by atoms with Gasteiger partial charge in [0.25, 0.3) is 0 Å². The number of amidine groups is 1. The van der Waals surface area contributed by atoms with Crippen molar-refractivity contribution in [2.75, 3.05) is 6.54 Å². The zero-order valence-corrected chi connectivity index (χ0v) is 12.4. The molecule has 0 amide bonds. The highest BCUT2D eigenvalue weighted by molar-refractivity contribution is 5.95. The Balaban J connectivity index is 1.77. The molecule has 2 unspecified atom stereocenters. The summed E-state index contributed by atoms with van der Waals surface area (Å²) < 4.78 is 13.7. The van der Waals surface area contributed by atoms with Crippen LogP contribution in [-0.2, 0) is 6.54 Å². The van der Waals surface area contributed by atoms with Crippen LogP contribution in [0, 0.1) is 17.1 Å². The first-order valence-electron chi connectivity index (χ1n) is 8.01. The average Bonchev–Trinajstić information content (AvgIpc) is 2.47. The van der Waals surface area contributed by atoms with Gasteiger partial charge in [-0.15, -0.1) is 0 Å². The molecule has 3 rings (SSSR count). The van der Waals surface area contributed by atoms with Crippen molar-refractivity contribution in [2.24, 2.45) is 11.7 Å². The third-order valence-corrected chi connectivity index (χ3v) is 5.01. The van der Waals surface area contributed by atoms with E-state index in [2.05, 4.69) is 4.90 Å². The molecule has 1 saturated heterocycles. The summed E-state index contributed by atoms with van der Waals surface area (Å²) in [6, 6.07) is 5.44. The highest BCUT2D eigenvalue weighted by Crippen LogP contribution is 2.36. The second-order valence-corrected chi connectivity index (χ2v) is 6.49. The lowest BCUT2D eigenvalue weighted by atomic mass is 9.78. The van der Waals surface area contributed by atoms with Crippen LogP contribution in [0.5, 0.6) is 0 Å². The van der Waals surface area contributed by atoms with Crippen LogP contribution < -0.4 is 5.73 Å². The highest BCUT2D eigenvalue weighted by Gasteiger charge is 2.32. The third kappa shape index (κ3) is 3.26. The van der Waals surface area contributed by atoms with E-state index in [0.29, 0.717) is 11.6 Å². The number of hydrogen-bond donors (Lipinski definition) is 2. The van der Waals surface area contributed by atoms with Crippen LogP contribution in [0.3, 0.4) is 0 Å². The largest absolute Gasteiger partial charge is 0.384 e. The third-order valence-electron chi connectivity index (χ3n) is 5.01. The zero-order valence-electron chi connectivity index (χ0n) is 12.4. The van der Waals surface area contributed by atoms with Gasteiger partial charge < -0.3 is 5.73 Å². The summed E-state index contributed by atoms with van der Waals surface area (Å²) in [6.07, 6.45) is 7.91. The molecule has 1 aromatic rings. The minimum absolute atomic E-state index is 0.0649. The van der Waals surface area contributed by atoms with Gasteiger partial charge in [0.2, 0.25) is 0 Å². The first-order valence-corrected chi connectivity index (χ1v) is 8.01. The molecular weight excluding hydrogens is 265 g/mol. The van der Waals surface area contributed by atoms with Gasteiger partial charge in [-0.2, -0.15) is 0 Å². The topological polar surface area (TPSA) is 53.1 Å². The van der Waals surface area contributed by atoms with Crippen molar-refractivity contribution in [3.05, 3.63) is 35.1 Å². The number of likely N-dealkylation sites (tertiary alicyclic amines) is 1. The molecule has 2 fully saturated rings. The van der Waals surface area contributed by atoms with E-state index in [-0.39, 0.29) is 11.7 Å². The summed E-state index contributed by atoms with van der Waals surface area (Å²) >= 11 is 0. The smallest absolute Gasteiger partial charge is 0.124 e. The summed E-state index contributed by atoms with van der Waals surface area (Å²) in [5.41, 5.74) is 6.92. The lowest BCUT2D eigenvalue weighted by Crippen LogP contribution is -2.46. The van der Waals surface area contributed by atoms with Crippen molar-refractivity contribution in [3.63, 3.8) is 0 Å². The molecule has 3 nitrogen and oxygen atoms in total. The number of halogens is 1. The number of nitrogens with two attached hydrogens (primary N) is 1. The van der Waals surface area contributed by atoms with E-state index in [0.717, 1.165) is 24.6 Å². The van der Waals surface area contributed by atoms with E-state index in [1.54, 1.807) is 6.07 Å². The molecule has 2 aliphatic rings. The van der Waals surface area contributed by atoms with Crippen molar-refractivity contribution in [1.82, 2.24) is 4.90 Å². The standard InChI is InChI=1S/C17H24FN3/c18-15-9-12(8-14(10-15)17(19)20)11-21-7-3-5-13-4-1-2-6-16(13)21/h8-10,13,16H,1-7,11H2,(H3,19,20). The lowest BCUT2D eigenvalue weighted by Gasteiger charge is -2.44. The fraction of sp³-hybridized carbons (Fsp3) is 0.588. The predicted octanol–water partition coefficient (Wildman–Crippen LogP) is 3.26. The van der Waals surface area contributed by atoms with Gasteiger partial charge in [-0.05, 0) is 61.9 Å². The van der Waals surface area contributed by atoms with E-state index in [9.17, 15) is 4.39 Å². The first kappa shape index (κ1) is 14.5. The molecule has 1 saturated carbocycles. The minimum Gasteiger partial charge on any atom is -0.384 e. The molecule has 21 heavy (non-hydrogen) atoms. The number of nitrogens with one attached hydrogen (secondary N) is 1. The molecule has 2 atom stereocenters. The molecule has 1 aliphatic heterocycles. The van der Waals surface area contributed by atoms with E-state index >= 15 is 0 Å². The Morgan fingerprint density at radius 1 is 1.19 bits per heavy atom. The SMILES string of the molecule is N=C(N)c1cc(F)cc(CN2CCCC3CCCCC32)c1. The molecule has 3 N–H and O–H groups in total. The number of nitrogens with zero attached hydrogens (tertiary/aromatic N) is 1. The maximum absolute atomic E-state index is 13.7. The predicted molar refractivity (Wildman–Crippen MR) is 82.8 cm³/mol. The van der Waals surface area contributed by atoms with Gasteiger partial charge >= 0.3 is 0 Å². The van der Waals surface area contributed by atoms with Crippen LogP contribution in [0.1, 0.15) is 49.7 Å². The Labute approximate surface area is 125 Å². The van der Waals surface area contributed by atoms with E-state index in [1.807, 2.05) is 6.07 Å². The monoisotopic (exact) mass is 289 g/mol. The van der Waals surface area contributed by atoms with Crippen molar-refractivity contribution >= 4 is 5.84 Å². The molecular formula is C17H24FN3. The van der Waals surface area contributed by atoms with Crippen LogP contribution in [0.2, 0.25) is 0 Å². The van der Waals surface area contributed by atoms with Crippen molar-refractivity contribution in [3.8, 4) is 0 Å². The first-order chi connectivity index (χ1) is 10.1. The fourth-order valence-electron chi connectivity index (χ4n) is 4.06. The molecule has 0 aromatic heterocycles. The van der Waals surface area contributed by atoms with Gasteiger partial charge in [0.05, 0.1) is 0 Å². The second kappa shape index (κ2) is 6.14. The molecule has 1 heterocycles. The molecule has 0 radical (unpaired) electrons. The molecule has 0 bridgehead atoms. The number of benzene rings is 1. The highest BCUT2D eigenvalue weighted by atomic mass is 19.1. The molecule has 0 spiro atoms. The van der Waals surface area contributed by atoms with Gasteiger partial charge in [-0.1, -0.05) is 12.8 Å². The maximum atomic E-state index is 13.7. The number of nitrogen functional groups attached to an aromatic ring is 1. The molecule has 114 valence electrons. The summed E-state index contributed by atoms with van der Waals surface area (Å²) in [5, 5.41) is 7.49. The Kier molecular flexibility index (Phi) is 4.24. The Hall–Kier alpha value is -1.42. The van der Waals surface area contributed by atoms with Crippen molar-refractivity contribution in [2.45, 2.75) is 51.1 Å². The fourth-order valence-corrected chi connectivity index (χ4v) is 4.06. The van der Waals surface area contributed by atoms with Crippen LogP contribution in [0.4, 0.5) is 4.39 Å². The van der Waals surface area contributed by atoms with Gasteiger partial charge in [-0.25, -0.2) is 4.39 Å². The number of hydrogen-bond acceptors (Lipinski definition) is 2. The van der Waals surface area contributed by atoms with Crippen molar-refractivity contribution < 1.29 is 4.39 Å². The van der Waals surface area contributed by atoms with Crippen molar-refractivity contribution in [1.29, 1.82) is 5.41 Å². The normalized spacial score (nSPS) is 26.3. The van der Waals surface area contributed by atoms with Crippen LogP contribution >= 0.6 is 0 Å². The van der Waals surface area contributed by atoms with Gasteiger partial charge in [0, 0.05) is 18.2 Å². The lowest BCUT2D eigenvalue weighted by molar-refractivity contribution is 0.0546. The quantitative estimate of drug-likeness (QED) is 0.663. The van der Waals surface area contributed by atoms with Gasteiger partial charge in [0.1, 0.15) is 11.7 Å². The van der Waals surface area contributed by atoms with Crippen LogP contribution in [0.15, 0.2) is 18.2 Å². The van der Waals surface area contributed by atoms with E-state index in [1.165, 1.54) is 44.6 Å². The van der Waals surface area contributed by atoms with Crippen LogP contribution in [-0.4, -0.2) is 23.3 Å². The number of rotatable bonds is 3. The van der Waals surface area contributed by atoms with Crippen LogP contribution in [0.25, 0.3) is 0 Å². The summed E-state index contributed by atoms with van der Waals surface area (Å²) in [7, 11) is 0. The zero-order chi connectivity index (χ0) is 14.8. The Morgan fingerprint density at radius 3 is 2.76 bits per heavy atom. The number of fused-ring (bicyclic) bond motifs is 1. The second-order valence-electron chi connectivity index (χ2n) is 6.49. The van der Waals surface area contributed by atoms with E-state index < -0.39 is 0 Å². The summed E-state index contributed by atoms with van der Waals surface area (Å²) in [4.78, 5) is 2.52. The Bertz CT molecular complexity index is 527. The van der Waals surface area contributed by atoms with Gasteiger partial charge in [-0.3, -0.25) is 10.3 Å².